The predicted molar refractivity (Wildman–Crippen MR) is 47.3 cm³/mol. The molecule has 0 saturated heterocycles. The molecule has 0 unspecified atom stereocenters. The maximum atomic E-state index is 12.3. The van der Waals surface area contributed by atoms with Crippen LogP contribution in [-0.2, 0) is 6.18 Å². The lowest BCUT2D eigenvalue weighted by molar-refractivity contribution is -0.140. The Morgan fingerprint density at radius 1 is 1.13 bits per heavy atom. The van der Waals surface area contributed by atoms with Gasteiger partial charge in [-0.25, -0.2) is 15.0 Å². The van der Waals surface area contributed by atoms with Gasteiger partial charge in [-0.1, -0.05) is 11.6 Å². The third kappa shape index (κ3) is 1.85. The molecule has 0 fully saturated rings. The van der Waals surface area contributed by atoms with Crippen LogP contribution in [0.3, 0.4) is 0 Å². The van der Waals surface area contributed by atoms with Crippen LogP contribution in [0.15, 0.2) is 18.5 Å². The number of fused-ring (bicyclic) bond motifs is 1. The van der Waals surface area contributed by atoms with E-state index in [4.69, 9.17) is 11.6 Å². The van der Waals surface area contributed by atoms with Gasteiger partial charge in [-0.05, 0) is 12.1 Å². The van der Waals surface area contributed by atoms with E-state index in [1.807, 2.05) is 0 Å². The first kappa shape index (κ1) is 10.1. The fraction of sp³-hybridized carbons (Fsp3) is 0.125. The van der Waals surface area contributed by atoms with E-state index in [9.17, 15) is 13.2 Å². The average molecular weight is 234 g/mol. The number of pyridine rings is 1. The summed E-state index contributed by atoms with van der Waals surface area (Å²) in [6.07, 6.45) is -3.33. The molecular formula is C8H3ClF3N3. The third-order valence-corrected chi connectivity index (χ3v) is 2.00. The molecule has 3 nitrogen and oxygen atoms in total. The Morgan fingerprint density at radius 2 is 1.87 bits per heavy atom. The van der Waals surface area contributed by atoms with Gasteiger partial charge in [0.05, 0.1) is 5.52 Å². The number of alkyl halides is 3. The molecule has 78 valence electrons. The molecule has 0 saturated carbocycles. The van der Waals surface area contributed by atoms with Crippen molar-refractivity contribution >= 4 is 22.6 Å². The standard InChI is InChI=1S/C8H3ClF3N3/c9-7-6-4(13-3-14-7)1-2-5(15-6)8(10,11)12/h1-3H. The molecule has 0 atom stereocenters. The van der Waals surface area contributed by atoms with Gasteiger partial charge in [0.2, 0.25) is 0 Å². The van der Waals surface area contributed by atoms with Crippen molar-refractivity contribution in [3.05, 3.63) is 29.3 Å². The molecule has 7 heteroatoms. The van der Waals surface area contributed by atoms with E-state index in [0.717, 1.165) is 6.07 Å². The first-order chi connectivity index (χ1) is 6.98. The van der Waals surface area contributed by atoms with Gasteiger partial charge in [-0.3, -0.25) is 0 Å². The molecule has 0 bridgehead atoms. The summed E-state index contributed by atoms with van der Waals surface area (Å²) < 4.78 is 36.9. The summed E-state index contributed by atoms with van der Waals surface area (Å²) in [7, 11) is 0. The van der Waals surface area contributed by atoms with Crippen LogP contribution in [0, 0.1) is 0 Å². The lowest BCUT2D eigenvalue weighted by Crippen LogP contribution is -2.08. The highest BCUT2D eigenvalue weighted by Gasteiger charge is 2.32. The molecule has 0 aromatic carbocycles. The Kier molecular flexibility index (Phi) is 2.22. The molecule has 2 rings (SSSR count). The molecule has 2 heterocycles. The molecule has 2 aromatic heterocycles. The summed E-state index contributed by atoms with van der Waals surface area (Å²) in [6.45, 7) is 0. The van der Waals surface area contributed by atoms with Crippen molar-refractivity contribution < 1.29 is 13.2 Å². The van der Waals surface area contributed by atoms with Crippen LogP contribution in [0.1, 0.15) is 5.69 Å². The monoisotopic (exact) mass is 233 g/mol. The molecule has 2 aromatic rings. The number of halogens is 4. The van der Waals surface area contributed by atoms with Crippen molar-refractivity contribution in [2.75, 3.05) is 0 Å². The van der Waals surface area contributed by atoms with Crippen LogP contribution >= 0.6 is 11.6 Å². The molecular weight excluding hydrogens is 231 g/mol. The van der Waals surface area contributed by atoms with Crippen LogP contribution in [0.5, 0.6) is 0 Å². The number of rotatable bonds is 0. The minimum Gasteiger partial charge on any atom is -0.238 e. The second-order valence-electron chi connectivity index (χ2n) is 2.73. The topological polar surface area (TPSA) is 38.7 Å². The first-order valence-electron chi connectivity index (χ1n) is 3.83. The van der Waals surface area contributed by atoms with Crippen LogP contribution < -0.4 is 0 Å². The molecule has 0 aliphatic rings. The Labute approximate surface area is 86.9 Å². The first-order valence-corrected chi connectivity index (χ1v) is 4.21. The van der Waals surface area contributed by atoms with E-state index in [1.165, 1.54) is 12.4 Å². The van der Waals surface area contributed by atoms with Crippen molar-refractivity contribution in [2.24, 2.45) is 0 Å². The second kappa shape index (κ2) is 3.30. The number of hydrogen-bond donors (Lipinski definition) is 0. The van der Waals surface area contributed by atoms with Crippen LogP contribution in [0.2, 0.25) is 5.15 Å². The van der Waals surface area contributed by atoms with Crippen LogP contribution in [-0.4, -0.2) is 15.0 Å². The quantitative estimate of drug-likeness (QED) is 0.657. The maximum absolute atomic E-state index is 12.3. The normalized spacial score (nSPS) is 12.0. The van der Waals surface area contributed by atoms with Crippen LogP contribution in [0.25, 0.3) is 11.0 Å². The van der Waals surface area contributed by atoms with E-state index < -0.39 is 11.9 Å². The van der Waals surface area contributed by atoms with Gasteiger partial charge >= 0.3 is 6.18 Å². The molecule has 0 spiro atoms. The minimum atomic E-state index is -4.49. The zero-order chi connectivity index (χ0) is 11.1. The summed E-state index contributed by atoms with van der Waals surface area (Å²) >= 11 is 5.60. The molecule has 15 heavy (non-hydrogen) atoms. The summed E-state index contributed by atoms with van der Waals surface area (Å²) in [5.41, 5.74) is -0.774. The molecule has 0 aliphatic carbocycles. The summed E-state index contributed by atoms with van der Waals surface area (Å²) in [6, 6.07) is 2.06. The Morgan fingerprint density at radius 3 is 2.53 bits per heavy atom. The summed E-state index contributed by atoms with van der Waals surface area (Å²) in [5, 5.41) is -0.0916. The second-order valence-corrected chi connectivity index (χ2v) is 3.08. The van der Waals surface area contributed by atoms with Gasteiger partial charge in [-0.15, -0.1) is 0 Å². The highest BCUT2D eigenvalue weighted by Crippen LogP contribution is 2.29. The molecule has 0 radical (unpaired) electrons. The fourth-order valence-corrected chi connectivity index (χ4v) is 1.25. The largest absolute Gasteiger partial charge is 0.433 e. The van der Waals surface area contributed by atoms with Crippen molar-refractivity contribution in [3.8, 4) is 0 Å². The van der Waals surface area contributed by atoms with E-state index in [-0.39, 0.29) is 16.2 Å². The van der Waals surface area contributed by atoms with Gasteiger partial charge in [0.15, 0.2) is 5.15 Å². The van der Waals surface area contributed by atoms with Gasteiger partial charge in [0, 0.05) is 0 Å². The predicted octanol–water partition coefficient (Wildman–Crippen LogP) is 2.70. The highest BCUT2D eigenvalue weighted by molar-refractivity contribution is 6.33. The number of aromatic nitrogens is 3. The van der Waals surface area contributed by atoms with E-state index in [0.29, 0.717) is 0 Å². The van der Waals surface area contributed by atoms with Crippen LogP contribution in [0.4, 0.5) is 13.2 Å². The third-order valence-electron chi connectivity index (χ3n) is 1.73. The highest BCUT2D eigenvalue weighted by atomic mass is 35.5. The van der Waals surface area contributed by atoms with E-state index in [1.54, 1.807) is 0 Å². The maximum Gasteiger partial charge on any atom is 0.433 e. The Balaban J connectivity index is 2.70. The Hall–Kier alpha value is -1.43. The Bertz CT molecular complexity index is 512. The number of nitrogens with zero attached hydrogens (tertiary/aromatic N) is 3. The molecule has 0 aliphatic heterocycles. The lowest BCUT2D eigenvalue weighted by atomic mass is 10.3. The lowest BCUT2D eigenvalue weighted by Gasteiger charge is -2.06. The minimum absolute atomic E-state index is 0.0472. The van der Waals surface area contributed by atoms with Crippen molar-refractivity contribution in [3.63, 3.8) is 0 Å². The van der Waals surface area contributed by atoms with Crippen molar-refractivity contribution in [1.29, 1.82) is 0 Å². The molecule has 0 N–H and O–H groups in total. The number of hydrogen-bond acceptors (Lipinski definition) is 3. The van der Waals surface area contributed by atoms with Gasteiger partial charge in [0.1, 0.15) is 17.5 Å². The van der Waals surface area contributed by atoms with E-state index >= 15 is 0 Å². The van der Waals surface area contributed by atoms with Gasteiger partial charge in [0.25, 0.3) is 0 Å². The zero-order valence-corrected chi connectivity index (χ0v) is 7.84. The zero-order valence-electron chi connectivity index (χ0n) is 7.09. The summed E-state index contributed by atoms with van der Waals surface area (Å²) in [5.74, 6) is 0. The molecule has 0 amide bonds. The summed E-state index contributed by atoms with van der Waals surface area (Å²) in [4.78, 5) is 10.7. The fourth-order valence-electron chi connectivity index (χ4n) is 1.07. The average Bonchev–Trinajstić information content (AvgIpc) is 2.16. The SMILES string of the molecule is FC(F)(F)c1ccc2ncnc(Cl)c2n1. The van der Waals surface area contributed by atoms with Crippen molar-refractivity contribution in [2.45, 2.75) is 6.18 Å². The van der Waals surface area contributed by atoms with Gasteiger partial charge < -0.3 is 0 Å². The van der Waals surface area contributed by atoms with Gasteiger partial charge in [-0.2, -0.15) is 13.2 Å². The van der Waals surface area contributed by atoms with E-state index in [2.05, 4.69) is 15.0 Å². The smallest absolute Gasteiger partial charge is 0.238 e. The van der Waals surface area contributed by atoms with Crippen molar-refractivity contribution in [1.82, 2.24) is 15.0 Å².